The molecule has 0 bridgehead atoms. The van der Waals surface area contributed by atoms with Crippen molar-refractivity contribution in [3.05, 3.63) is 28.6 Å². The maximum Gasteiger partial charge on any atom is 0.214 e. The van der Waals surface area contributed by atoms with Gasteiger partial charge in [-0.3, -0.25) is 0 Å². The first-order valence-corrected chi connectivity index (χ1v) is 4.92. The predicted molar refractivity (Wildman–Crippen MR) is 57.8 cm³/mol. The van der Waals surface area contributed by atoms with Crippen LogP contribution in [0.25, 0.3) is 11.1 Å². The second-order valence-corrected chi connectivity index (χ2v) is 3.85. The van der Waals surface area contributed by atoms with Gasteiger partial charge in [0.05, 0.1) is 6.61 Å². The van der Waals surface area contributed by atoms with Gasteiger partial charge in [-0.2, -0.15) is 0 Å². The zero-order valence-electron chi connectivity index (χ0n) is 8.20. The van der Waals surface area contributed by atoms with Gasteiger partial charge in [0.25, 0.3) is 0 Å². The summed E-state index contributed by atoms with van der Waals surface area (Å²) in [6.45, 7) is 1.69. The number of fused-ring (bicyclic) bond motifs is 1. The lowest BCUT2D eigenvalue weighted by molar-refractivity contribution is 0.250. The molecule has 2 aromatic rings. The number of aliphatic hydroxyl groups is 1. The summed E-state index contributed by atoms with van der Waals surface area (Å²) in [4.78, 5) is 4.17. The Morgan fingerprint density at radius 3 is 3.00 bits per heavy atom. The summed E-state index contributed by atoms with van der Waals surface area (Å²) in [6.07, 6.45) is 0. The summed E-state index contributed by atoms with van der Waals surface area (Å²) in [7, 11) is 0. The topological polar surface area (TPSA) is 72.3 Å². The maximum atomic E-state index is 8.89. The summed E-state index contributed by atoms with van der Waals surface area (Å²) in [5, 5.41) is 9.49. The lowest BCUT2D eigenvalue weighted by Gasteiger charge is -1.99. The number of nitrogens with zero attached hydrogens (tertiary/aromatic N) is 1. The van der Waals surface area contributed by atoms with E-state index in [1.807, 2.05) is 6.92 Å². The van der Waals surface area contributed by atoms with E-state index in [0.29, 0.717) is 22.0 Å². The van der Waals surface area contributed by atoms with Gasteiger partial charge in [0.2, 0.25) is 5.89 Å². The summed E-state index contributed by atoms with van der Waals surface area (Å²) in [5.74, 6) is 0.331. The maximum absolute atomic E-state index is 8.89. The Labute approximate surface area is 91.7 Å². The van der Waals surface area contributed by atoms with E-state index in [1.165, 1.54) is 0 Å². The van der Waals surface area contributed by atoms with Crippen LogP contribution in [0, 0.1) is 6.92 Å². The second kappa shape index (κ2) is 3.81. The number of aliphatic hydroxyl groups excluding tert-OH is 1. The van der Waals surface area contributed by atoms with Crippen LogP contribution in [0.2, 0.25) is 5.02 Å². The zero-order valence-corrected chi connectivity index (χ0v) is 8.95. The van der Waals surface area contributed by atoms with Crippen molar-refractivity contribution in [2.45, 2.75) is 13.0 Å². The Morgan fingerprint density at radius 2 is 2.33 bits per heavy atom. The van der Waals surface area contributed by atoms with Gasteiger partial charge < -0.3 is 15.3 Å². The van der Waals surface area contributed by atoms with Gasteiger partial charge in [-0.25, -0.2) is 4.98 Å². The molecule has 1 heterocycles. The van der Waals surface area contributed by atoms with Crippen molar-refractivity contribution in [3.63, 3.8) is 0 Å². The highest BCUT2D eigenvalue weighted by atomic mass is 35.5. The van der Waals surface area contributed by atoms with Gasteiger partial charge in [-0.05, 0) is 24.6 Å². The van der Waals surface area contributed by atoms with Crippen LogP contribution in [-0.4, -0.2) is 16.7 Å². The highest BCUT2D eigenvalue weighted by molar-refractivity contribution is 6.31. The molecule has 2 rings (SSSR count). The van der Waals surface area contributed by atoms with E-state index >= 15 is 0 Å². The Morgan fingerprint density at radius 1 is 1.60 bits per heavy atom. The number of hydrogen-bond donors (Lipinski definition) is 2. The largest absolute Gasteiger partial charge is 0.439 e. The standard InChI is InChI=1S/C10H11ClN2O2/c1-5-2-6(11)3-8-9(5)15-10(13-8)7(12)4-14/h2-3,7,14H,4,12H2,1H3. The molecule has 0 aliphatic rings. The van der Waals surface area contributed by atoms with Crippen molar-refractivity contribution in [3.8, 4) is 0 Å². The molecule has 5 heteroatoms. The van der Waals surface area contributed by atoms with Gasteiger partial charge in [0.15, 0.2) is 5.58 Å². The molecule has 1 unspecified atom stereocenters. The number of benzene rings is 1. The molecule has 0 radical (unpaired) electrons. The Hall–Kier alpha value is -1.10. The molecule has 0 fully saturated rings. The number of hydrogen-bond acceptors (Lipinski definition) is 4. The number of rotatable bonds is 2. The van der Waals surface area contributed by atoms with E-state index in [9.17, 15) is 0 Å². The molecule has 15 heavy (non-hydrogen) atoms. The molecule has 0 aliphatic carbocycles. The van der Waals surface area contributed by atoms with Crippen LogP contribution in [-0.2, 0) is 0 Å². The first-order chi connectivity index (χ1) is 7.11. The van der Waals surface area contributed by atoms with E-state index < -0.39 is 6.04 Å². The highest BCUT2D eigenvalue weighted by Gasteiger charge is 2.14. The molecule has 80 valence electrons. The summed E-state index contributed by atoms with van der Waals surface area (Å²) >= 11 is 5.88. The van der Waals surface area contributed by atoms with Crippen molar-refractivity contribution < 1.29 is 9.52 Å². The van der Waals surface area contributed by atoms with Gasteiger partial charge in [0, 0.05) is 5.02 Å². The molecular weight excluding hydrogens is 216 g/mol. The average molecular weight is 227 g/mol. The lowest BCUT2D eigenvalue weighted by Crippen LogP contribution is -2.14. The fourth-order valence-corrected chi connectivity index (χ4v) is 1.68. The third-order valence-corrected chi connectivity index (χ3v) is 2.39. The van der Waals surface area contributed by atoms with Crippen molar-refractivity contribution in [1.82, 2.24) is 4.98 Å². The monoisotopic (exact) mass is 226 g/mol. The number of oxazole rings is 1. The molecule has 0 amide bonds. The van der Waals surface area contributed by atoms with Crippen LogP contribution in [0.5, 0.6) is 0 Å². The summed E-state index contributed by atoms with van der Waals surface area (Å²) in [5.41, 5.74) is 7.84. The van der Waals surface area contributed by atoms with Crippen molar-refractivity contribution >= 4 is 22.7 Å². The first-order valence-electron chi connectivity index (χ1n) is 4.55. The van der Waals surface area contributed by atoms with Crippen LogP contribution >= 0.6 is 11.6 Å². The van der Waals surface area contributed by atoms with E-state index in [4.69, 9.17) is 26.9 Å². The van der Waals surface area contributed by atoms with Crippen molar-refractivity contribution in [1.29, 1.82) is 0 Å². The number of halogens is 1. The molecule has 3 N–H and O–H groups in total. The predicted octanol–water partition coefficient (Wildman–Crippen LogP) is 1.78. The minimum atomic E-state index is -0.587. The molecule has 0 spiro atoms. The average Bonchev–Trinajstić information content (AvgIpc) is 2.60. The summed E-state index contributed by atoms with van der Waals surface area (Å²) in [6, 6.07) is 2.92. The van der Waals surface area contributed by atoms with Crippen molar-refractivity contribution in [2.75, 3.05) is 6.61 Å². The number of aryl methyl sites for hydroxylation is 1. The number of nitrogens with two attached hydrogens (primary N) is 1. The molecule has 0 saturated carbocycles. The highest BCUT2D eigenvalue weighted by Crippen LogP contribution is 2.25. The fraction of sp³-hybridized carbons (Fsp3) is 0.300. The minimum Gasteiger partial charge on any atom is -0.439 e. The Bertz CT molecular complexity index is 495. The van der Waals surface area contributed by atoms with Crippen LogP contribution in [0.15, 0.2) is 16.5 Å². The van der Waals surface area contributed by atoms with Crippen LogP contribution in [0.3, 0.4) is 0 Å². The quantitative estimate of drug-likeness (QED) is 0.819. The van der Waals surface area contributed by atoms with E-state index in [0.717, 1.165) is 5.56 Å². The Kier molecular flexibility index (Phi) is 2.65. The fourth-order valence-electron chi connectivity index (χ4n) is 1.41. The summed E-state index contributed by atoms with van der Waals surface area (Å²) < 4.78 is 5.45. The molecule has 4 nitrogen and oxygen atoms in total. The minimum absolute atomic E-state index is 0.195. The Balaban J connectivity index is 2.60. The van der Waals surface area contributed by atoms with Crippen LogP contribution in [0.4, 0.5) is 0 Å². The molecule has 1 aromatic carbocycles. The van der Waals surface area contributed by atoms with E-state index in [-0.39, 0.29) is 6.61 Å². The second-order valence-electron chi connectivity index (χ2n) is 3.41. The molecular formula is C10H11ClN2O2. The molecule has 0 saturated heterocycles. The first kappa shape index (κ1) is 10.4. The van der Waals surface area contributed by atoms with Gasteiger partial charge >= 0.3 is 0 Å². The van der Waals surface area contributed by atoms with Crippen molar-refractivity contribution in [2.24, 2.45) is 5.73 Å². The zero-order chi connectivity index (χ0) is 11.0. The molecule has 1 atom stereocenters. The SMILES string of the molecule is Cc1cc(Cl)cc2nc(C(N)CO)oc12. The van der Waals surface area contributed by atoms with Gasteiger partial charge in [-0.1, -0.05) is 11.6 Å². The van der Waals surface area contributed by atoms with Crippen LogP contribution in [0.1, 0.15) is 17.5 Å². The third kappa shape index (κ3) is 1.84. The third-order valence-electron chi connectivity index (χ3n) is 2.17. The smallest absolute Gasteiger partial charge is 0.214 e. The molecule has 0 aliphatic heterocycles. The van der Waals surface area contributed by atoms with E-state index in [2.05, 4.69) is 4.98 Å². The van der Waals surface area contributed by atoms with Gasteiger partial charge in [0.1, 0.15) is 11.6 Å². The van der Waals surface area contributed by atoms with Gasteiger partial charge in [-0.15, -0.1) is 0 Å². The lowest BCUT2D eigenvalue weighted by atomic mass is 10.2. The van der Waals surface area contributed by atoms with E-state index in [1.54, 1.807) is 12.1 Å². The normalized spacial score (nSPS) is 13.3. The number of aromatic nitrogens is 1. The van der Waals surface area contributed by atoms with Crippen LogP contribution < -0.4 is 5.73 Å². The molecule has 1 aromatic heterocycles.